The van der Waals surface area contributed by atoms with Gasteiger partial charge in [0.1, 0.15) is 5.54 Å². The maximum atomic E-state index is 12.6. The van der Waals surface area contributed by atoms with Gasteiger partial charge in [-0.1, -0.05) is 49.3 Å². The van der Waals surface area contributed by atoms with Gasteiger partial charge in [-0.25, -0.2) is 4.79 Å². The van der Waals surface area contributed by atoms with Crippen molar-refractivity contribution in [2.24, 2.45) is 0 Å². The van der Waals surface area contributed by atoms with Gasteiger partial charge in [0.25, 0.3) is 5.91 Å². The number of amides is 4. The summed E-state index contributed by atoms with van der Waals surface area (Å²) in [5.41, 5.74) is 0.159. The van der Waals surface area contributed by atoms with Gasteiger partial charge in [-0.3, -0.25) is 14.5 Å². The van der Waals surface area contributed by atoms with E-state index in [1.54, 1.807) is 0 Å². The van der Waals surface area contributed by atoms with E-state index in [2.05, 4.69) is 22.5 Å². The molecule has 0 unspecified atom stereocenters. The van der Waals surface area contributed by atoms with E-state index in [1.807, 2.05) is 30.3 Å². The van der Waals surface area contributed by atoms with Crippen LogP contribution in [-0.4, -0.2) is 41.4 Å². The van der Waals surface area contributed by atoms with Gasteiger partial charge in [0.05, 0.1) is 6.54 Å². The molecule has 0 radical (unpaired) electrons. The van der Waals surface area contributed by atoms with Gasteiger partial charge in [0.15, 0.2) is 0 Å². The maximum Gasteiger partial charge on any atom is 0.325 e. The van der Waals surface area contributed by atoms with Crippen molar-refractivity contribution in [2.45, 2.75) is 44.1 Å². The molecule has 1 saturated carbocycles. The van der Waals surface area contributed by atoms with E-state index in [1.165, 1.54) is 4.90 Å². The fourth-order valence-electron chi connectivity index (χ4n) is 3.49. The third kappa shape index (κ3) is 4.05. The van der Waals surface area contributed by atoms with Crippen molar-refractivity contribution >= 4 is 17.8 Å². The van der Waals surface area contributed by atoms with Crippen LogP contribution in [0.4, 0.5) is 4.79 Å². The Bertz CT molecular complexity index is 743. The molecule has 1 saturated heterocycles. The number of urea groups is 1. The molecule has 1 heterocycles. The molecule has 1 aromatic carbocycles. The SMILES string of the molecule is O=C(CCN1C(=O)NC2(CCCCC2)C1=O)NCC#Cc1ccccc1. The minimum atomic E-state index is -0.729. The zero-order chi connectivity index (χ0) is 18.4. The van der Waals surface area contributed by atoms with Crippen LogP contribution in [0, 0.1) is 11.8 Å². The summed E-state index contributed by atoms with van der Waals surface area (Å²) in [6.07, 6.45) is 4.45. The van der Waals surface area contributed by atoms with E-state index < -0.39 is 5.54 Å². The smallest absolute Gasteiger partial charge is 0.325 e. The van der Waals surface area contributed by atoms with Gasteiger partial charge in [0.2, 0.25) is 5.91 Å². The highest BCUT2D eigenvalue weighted by Gasteiger charge is 2.50. The molecule has 1 aliphatic heterocycles. The van der Waals surface area contributed by atoms with Crippen LogP contribution in [0.15, 0.2) is 30.3 Å². The maximum absolute atomic E-state index is 12.6. The summed E-state index contributed by atoms with van der Waals surface area (Å²) in [4.78, 5) is 37.9. The molecule has 6 heteroatoms. The van der Waals surface area contributed by atoms with Crippen LogP contribution in [0.2, 0.25) is 0 Å². The Morgan fingerprint density at radius 2 is 1.88 bits per heavy atom. The largest absolute Gasteiger partial charge is 0.345 e. The minimum Gasteiger partial charge on any atom is -0.345 e. The van der Waals surface area contributed by atoms with Crippen LogP contribution in [0.5, 0.6) is 0 Å². The number of rotatable bonds is 4. The van der Waals surface area contributed by atoms with Gasteiger partial charge in [-0.15, -0.1) is 0 Å². The summed E-state index contributed by atoms with van der Waals surface area (Å²) in [5, 5.41) is 5.54. The second-order valence-electron chi connectivity index (χ2n) is 6.72. The Balaban J connectivity index is 1.45. The van der Waals surface area contributed by atoms with Crippen molar-refractivity contribution < 1.29 is 14.4 Å². The second-order valence-corrected chi connectivity index (χ2v) is 6.72. The van der Waals surface area contributed by atoms with Crippen LogP contribution >= 0.6 is 0 Å². The zero-order valence-corrected chi connectivity index (χ0v) is 14.7. The molecular formula is C20H23N3O3. The molecule has 26 heavy (non-hydrogen) atoms. The fraction of sp³-hybridized carbons (Fsp3) is 0.450. The molecule has 0 aromatic heterocycles. The molecule has 0 atom stereocenters. The van der Waals surface area contributed by atoms with Gasteiger partial charge in [-0.05, 0) is 25.0 Å². The average Bonchev–Trinajstić information content (AvgIpc) is 2.88. The number of benzene rings is 1. The van der Waals surface area contributed by atoms with Crippen molar-refractivity contribution in [3.63, 3.8) is 0 Å². The topological polar surface area (TPSA) is 78.5 Å². The molecule has 6 nitrogen and oxygen atoms in total. The van der Waals surface area contributed by atoms with Crippen LogP contribution < -0.4 is 10.6 Å². The first kappa shape index (κ1) is 18.0. The molecule has 1 aliphatic carbocycles. The quantitative estimate of drug-likeness (QED) is 0.640. The van der Waals surface area contributed by atoms with E-state index in [9.17, 15) is 14.4 Å². The molecule has 2 N–H and O–H groups in total. The van der Waals surface area contributed by atoms with Crippen LogP contribution in [0.3, 0.4) is 0 Å². The summed E-state index contributed by atoms with van der Waals surface area (Å²) in [6.45, 7) is 0.335. The summed E-state index contributed by atoms with van der Waals surface area (Å²) in [7, 11) is 0. The van der Waals surface area contributed by atoms with E-state index in [0.717, 1.165) is 24.8 Å². The first-order chi connectivity index (χ1) is 12.6. The Labute approximate surface area is 153 Å². The van der Waals surface area contributed by atoms with Gasteiger partial charge in [-0.2, -0.15) is 0 Å². The third-order valence-corrected chi connectivity index (χ3v) is 4.90. The second kappa shape index (κ2) is 8.05. The Kier molecular flexibility index (Phi) is 5.57. The van der Waals surface area contributed by atoms with E-state index in [4.69, 9.17) is 0 Å². The fourth-order valence-corrected chi connectivity index (χ4v) is 3.49. The number of hydrogen-bond acceptors (Lipinski definition) is 3. The molecule has 2 aliphatic rings. The highest BCUT2D eigenvalue weighted by Crippen LogP contribution is 2.33. The minimum absolute atomic E-state index is 0.0856. The van der Waals surface area contributed by atoms with E-state index in [-0.39, 0.29) is 37.4 Å². The predicted molar refractivity (Wildman–Crippen MR) is 97.0 cm³/mol. The van der Waals surface area contributed by atoms with E-state index >= 15 is 0 Å². The number of nitrogens with one attached hydrogen (secondary N) is 2. The normalized spacial score (nSPS) is 18.2. The van der Waals surface area contributed by atoms with Gasteiger partial charge < -0.3 is 10.6 Å². The van der Waals surface area contributed by atoms with Crippen molar-refractivity contribution in [3.8, 4) is 11.8 Å². The number of imide groups is 1. The number of carbonyl (C=O) groups excluding carboxylic acids is 3. The zero-order valence-electron chi connectivity index (χ0n) is 14.7. The molecule has 2 fully saturated rings. The molecule has 4 amide bonds. The summed E-state index contributed by atoms with van der Waals surface area (Å²) in [5.74, 6) is 5.43. The number of nitrogens with zero attached hydrogens (tertiary/aromatic N) is 1. The lowest BCUT2D eigenvalue weighted by Crippen LogP contribution is -2.48. The molecule has 136 valence electrons. The van der Waals surface area contributed by atoms with Crippen LogP contribution in [0.25, 0.3) is 0 Å². The number of hydrogen-bond donors (Lipinski definition) is 2. The Hall–Kier alpha value is -2.81. The monoisotopic (exact) mass is 353 g/mol. The first-order valence-electron chi connectivity index (χ1n) is 9.05. The summed E-state index contributed by atoms with van der Waals surface area (Å²) in [6, 6.07) is 9.13. The molecule has 1 aromatic rings. The predicted octanol–water partition coefficient (Wildman–Crippen LogP) is 1.80. The van der Waals surface area contributed by atoms with Crippen molar-refractivity contribution in [1.29, 1.82) is 0 Å². The van der Waals surface area contributed by atoms with Crippen molar-refractivity contribution in [3.05, 3.63) is 35.9 Å². The lowest BCUT2D eigenvalue weighted by Gasteiger charge is -2.30. The highest BCUT2D eigenvalue weighted by molar-refractivity contribution is 6.07. The summed E-state index contributed by atoms with van der Waals surface area (Å²) < 4.78 is 0. The molecule has 3 rings (SSSR count). The van der Waals surface area contributed by atoms with Crippen molar-refractivity contribution in [1.82, 2.24) is 15.5 Å². The summed E-state index contributed by atoms with van der Waals surface area (Å²) >= 11 is 0. The lowest BCUT2D eigenvalue weighted by molar-refractivity contribution is -0.132. The molecular weight excluding hydrogens is 330 g/mol. The molecule has 0 bridgehead atoms. The Morgan fingerprint density at radius 1 is 1.15 bits per heavy atom. The standard InChI is InChI=1S/C20H23N3O3/c24-17(21-14-7-10-16-8-3-1-4-9-16)11-15-23-18(25)20(22-19(23)26)12-5-2-6-13-20/h1,3-4,8-9H,2,5-6,11-15H2,(H,21,24)(H,22,26). The van der Waals surface area contributed by atoms with E-state index in [0.29, 0.717) is 12.8 Å². The lowest BCUT2D eigenvalue weighted by atomic mass is 9.82. The van der Waals surface area contributed by atoms with Gasteiger partial charge in [0, 0.05) is 18.5 Å². The van der Waals surface area contributed by atoms with Gasteiger partial charge >= 0.3 is 6.03 Å². The number of carbonyl (C=O) groups is 3. The molecule has 1 spiro atoms. The van der Waals surface area contributed by atoms with Crippen LogP contribution in [-0.2, 0) is 9.59 Å². The third-order valence-electron chi connectivity index (χ3n) is 4.90. The Morgan fingerprint density at radius 3 is 2.62 bits per heavy atom. The average molecular weight is 353 g/mol. The first-order valence-corrected chi connectivity index (χ1v) is 9.05. The van der Waals surface area contributed by atoms with Crippen molar-refractivity contribution in [2.75, 3.05) is 13.1 Å². The van der Waals surface area contributed by atoms with Crippen LogP contribution in [0.1, 0.15) is 44.1 Å². The highest BCUT2D eigenvalue weighted by atomic mass is 16.2.